The highest BCUT2D eigenvalue weighted by Crippen LogP contribution is 2.27. The molecule has 1 aromatic rings. The number of hydrogen-bond acceptors (Lipinski definition) is 5. The van der Waals surface area contributed by atoms with Crippen LogP contribution in [0.15, 0.2) is 21.7 Å². The van der Waals surface area contributed by atoms with Gasteiger partial charge < -0.3 is 5.32 Å². The van der Waals surface area contributed by atoms with E-state index in [4.69, 9.17) is 0 Å². The predicted molar refractivity (Wildman–Crippen MR) is 89.6 cm³/mol. The van der Waals surface area contributed by atoms with Gasteiger partial charge in [-0.05, 0) is 42.9 Å². The van der Waals surface area contributed by atoms with Crippen molar-refractivity contribution in [1.82, 2.24) is 9.62 Å². The quantitative estimate of drug-likeness (QED) is 0.889. The van der Waals surface area contributed by atoms with Gasteiger partial charge in [-0.3, -0.25) is 0 Å². The van der Waals surface area contributed by atoms with Gasteiger partial charge in [0.15, 0.2) is 0 Å². The Hall–Kier alpha value is -0.0800. The van der Waals surface area contributed by atoms with Crippen LogP contribution in [0.25, 0.3) is 0 Å². The first-order valence-corrected chi connectivity index (χ1v) is 10.9. The van der Waals surface area contributed by atoms with Crippen molar-refractivity contribution in [2.45, 2.75) is 41.2 Å². The lowest BCUT2D eigenvalue weighted by molar-refractivity contribution is 0.290. The molecule has 0 spiro atoms. The molecular formula is C14H22N2O2S3. The van der Waals surface area contributed by atoms with Crippen molar-refractivity contribution in [1.29, 1.82) is 0 Å². The first-order valence-electron chi connectivity index (χ1n) is 7.55. The Bertz CT molecular complexity index is 531. The lowest BCUT2D eigenvalue weighted by Gasteiger charge is -2.31. The predicted octanol–water partition coefficient (Wildman–Crippen LogP) is 2.39. The topological polar surface area (TPSA) is 49.4 Å². The van der Waals surface area contributed by atoms with Gasteiger partial charge >= 0.3 is 0 Å². The van der Waals surface area contributed by atoms with Gasteiger partial charge in [0.05, 0.1) is 0 Å². The minimum atomic E-state index is -3.25. The SMILES string of the molecule is O=S(=O)(c1cccs1)N1CCC(NC[C@@H]2CCCS2)CC1. The maximum atomic E-state index is 12.4. The number of hydrogen-bond donors (Lipinski definition) is 1. The largest absolute Gasteiger partial charge is 0.313 e. The molecule has 0 radical (unpaired) electrons. The number of nitrogens with one attached hydrogen (secondary N) is 1. The van der Waals surface area contributed by atoms with Crippen LogP contribution >= 0.6 is 23.1 Å². The number of sulfonamides is 1. The summed E-state index contributed by atoms with van der Waals surface area (Å²) in [5.74, 6) is 1.30. The minimum Gasteiger partial charge on any atom is -0.313 e. The number of thiophene rings is 1. The smallest absolute Gasteiger partial charge is 0.252 e. The van der Waals surface area contributed by atoms with Crippen molar-refractivity contribution in [2.24, 2.45) is 0 Å². The van der Waals surface area contributed by atoms with E-state index in [2.05, 4.69) is 17.1 Å². The second-order valence-electron chi connectivity index (χ2n) is 5.65. The van der Waals surface area contributed by atoms with E-state index in [1.807, 2.05) is 5.38 Å². The Balaban J connectivity index is 1.48. The molecule has 1 aromatic heterocycles. The molecule has 0 bridgehead atoms. The highest BCUT2D eigenvalue weighted by atomic mass is 32.2. The summed E-state index contributed by atoms with van der Waals surface area (Å²) in [5, 5.41) is 6.21. The lowest BCUT2D eigenvalue weighted by Crippen LogP contribution is -2.45. The van der Waals surface area contributed by atoms with Crippen LogP contribution in [0, 0.1) is 0 Å². The number of piperidine rings is 1. The summed E-state index contributed by atoms with van der Waals surface area (Å²) in [5.41, 5.74) is 0. The third kappa shape index (κ3) is 3.82. The van der Waals surface area contributed by atoms with Gasteiger partial charge in [-0.15, -0.1) is 11.3 Å². The fraction of sp³-hybridized carbons (Fsp3) is 0.714. The van der Waals surface area contributed by atoms with Crippen molar-refractivity contribution in [3.63, 3.8) is 0 Å². The van der Waals surface area contributed by atoms with Crippen molar-refractivity contribution in [2.75, 3.05) is 25.4 Å². The number of nitrogens with zero attached hydrogens (tertiary/aromatic N) is 1. The molecule has 0 unspecified atom stereocenters. The van der Waals surface area contributed by atoms with E-state index >= 15 is 0 Å². The van der Waals surface area contributed by atoms with Gasteiger partial charge in [0.1, 0.15) is 4.21 Å². The Morgan fingerprint density at radius 1 is 1.29 bits per heavy atom. The van der Waals surface area contributed by atoms with Gasteiger partial charge in [0, 0.05) is 30.9 Å². The summed E-state index contributed by atoms with van der Waals surface area (Å²) in [6, 6.07) is 3.97. The van der Waals surface area contributed by atoms with Crippen LogP contribution in [0.1, 0.15) is 25.7 Å². The number of thioether (sulfide) groups is 1. The van der Waals surface area contributed by atoms with E-state index < -0.39 is 10.0 Å². The molecule has 1 N–H and O–H groups in total. The molecule has 2 fully saturated rings. The van der Waals surface area contributed by atoms with Crippen molar-refractivity contribution < 1.29 is 8.42 Å². The zero-order valence-corrected chi connectivity index (χ0v) is 14.5. The molecule has 3 heterocycles. The van der Waals surface area contributed by atoms with Crippen molar-refractivity contribution >= 4 is 33.1 Å². The van der Waals surface area contributed by atoms with Crippen LogP contribution in [-0.2, 0) is 10.0 Å². The molecule has 2 aliphatic rings. The minimum absolute atomic E-state index is 0.469. The fourth-order valence-corrected chi connectivity index (χ4v) is 6.77. The molecule has 2 saturated heterocycles. The number of rotatable bonds is 5. The van der Waals surface area contributed by atoms with Gasteiger partial charge in [-0.25, -0.2) is 8.42 Å². The monoisotopic (exact) mass is 346 g/mol. The molecule has 2 aliphatic heterocycles. The van der Waals surface area contributed by atoms with E-state index in [-0.39, 0.29) is 0 Å². The third-order valence-electron chi connectivity index (χ3n) is 4.20. The van der Waals surface area contributed by atoms with Crippen LogP contribution in [0.5, 0.6) is 0 Å². The Labute approximate surface area is 135 Å². The highest BCUT2D eigenvalue weighted by molar-refractivity contribution is 8.00. The van der Waals surface area contributed by atoms with Gasteiger partial charge in [0.25, 0.3) is 10.0 Å². The van der Waals surface area contributed by atoms with Crippen LogP contribution in [0.2, 0.25) is 0 Å². The molecule has 4 nitrogen and oxygen atoms in total. The Morgan fingerprint density at radius 2 is 2.10 bits per heavy atom. The fourth-order valence-electron chi connectivity index (χ4n) is 2.94. The molecule has 118 valence electrons. The average Bonchev–Trinajstić information content (AvgIpc) is 3.19. The van der Waals surface area contributed by atoms with Gasteiger partial charge in [-0.1, -0.05) is 6.07 Å². The molecular weight excluding hydrogens is 324 g/mol. The molecule has 21 heavy (non-hydrogen) atoms. The van der Waals surface area contributed by atoms with Crippen LogP contribution in [0.4, 0.5) is 0 Å². The Morgan fingerprint density at radius 3 is 2.71 bits per heavy atom. The maximum Gasteiger partial charge on any atom is 0.252 e. The molecule has 0 saturated carbocycles. The van der Waals surface area contributed by atoms with Crippen LogP contribution in [-0.4, -0.2) is 49.4 Å². The third-order valence-corrected chi connectivity index (χ3v) is 8.87. The summed E-state index contributed by atoms with van der Waals surface area (Å²) < 4.78 is 27.0. The van der Waals surface area contributed by atoms with Crippen molar-refractivity contribution in [3.8, 4) is 0 Å². The van der Waals surface area contributed by atoms with Crippen LogP contribution in [0.3, 0.4) is 0 Å². The summed E-state index contributed by atoms with van der Waals surface area (Å²) in [6.45, 7) is 2.35. The van der Waals surface area contributed by atoms with E-state index in [9.17, 15) is 8.42 Å². The van der Waals surface area contributed by atoms with Crippen LogP contribution < -0.4 is 5.32 Å². The van der Waals surface area contributed by atoms with E-state index in [0.717, 1.165) is 24.6 Å². The highest BCUT2D eigenvalue weighted by Gasteiger charge is 2.30. The lowest BCUT2D eigenvalue weighted by atomic mass is 10.1. The Kier molecular flexibility index (Phi) is 5.27. The first kappa shape index (κ1) is 15.8. The summed E-state index contributed by atoms with van der Waals surface area (Å²) >= 11 is 3.37. The molecule has 0 aromatic carbocycles. The molecule has 0 amide bonds. The zero-order chi connectivity index (χ0) is 14.7. The van der Waals surface area contributed by atoms with Crippen molar-refractivity contribution in [3.05, 3.63) is 17.5 Å². The maximum absolute atomic E-state index is 12.4. The standard InChI is InChI=1S/C14H22N2O2S3/c17-21(18,14-4-2-10-20-14)16-7-5-12(6-8-16)15-11-13-3-1-9-19-13/h2,4,10,12-13,15H,1,3,5-9,11H2/t13-/m0/s1. The molecule has 3 rings (SSSR count). The van der Waals surface area contributed by atoms with Gasteiger partial charge in [0.2, 0.25) is 0 Å². The summed E-state index contributed by atoms with van der Waals surface area (Å²) in [4.78, 5) is 0. The van der Waals surface area contributed by atoms with E-state index in [0.29, 0.717) is 23.3 Å². The molecule has 1 atom stereocenters. The second-order valence-corrected chi connectivity index (χ2v) is 10.2. The summed E-state index contributed by atoms with van der Waals surface area (Å²) in [7, 11) is -3.25. The first-order chi connectivity index (χ1) is 10.2. The van der Waals surface area contributed by atoms with E-state index in [1.165, 1.54) is 29.9 Å². The van der Waals surface area contributed by atoms with Gasteiger partial charge in [-0.2, -0.15) is 16.1 Å². The van der Waals surface area contributed by atoms with E-state index in [1.54, 1.807) is 16.4 Å². The second kappa shape index (κ2) is 7.00. The normalized spacial score (nSPS) is 25.4. The average molecular weight is 347 g/mol. The molecule has 0 aliphatic carbocycles. The summed E-state index contributed by atoms with van der Waals surface area (Å²) in [6.07, 6.45) is 4.50. The molecule has 7 heteroatoms. The zero-order valence-electron chi connectivity index (χ0n) is 12.0.